The standard InChI is InChI=1S/C5H11O2/c1-5(2,3-6)4-7/h6-7H,1,3-4H2,2H3. The Morgan fingerprint density at radius 1 is 1.43 bits per heavy atom. The Hall–Kier alpha value is -0.0800. The van der Waals surface area contributed by atoms with Gasteiger partial charge in [0.1, 0.15) is 0 Å². The van der Waals surface area contributed by atoms with Crippen LogP contribution in [0.15, 0.2) is 0 Å². The molecule has 0 aliphatic heterocycles. The molecular weight excluding hydrogens is 92.1 g/mol. The molecule has 2 nitrogen and oxygen atoms in total. The second-order valence-electron chi connectivity index (χ2n) is 2.13. The molecule has 0 aliphatic rings. The first kappa shape index (κ1) is 6.92. The zero-order chi connectivity index (χ0) is 5.91. The van der Waals surface area contributed by atoms with Crippen molar-refractivity contribution in [1.29, 1.82) is 0 Å². The van der Waals surface area contributed by atoms with Crippen LogP contribution < -0.4 is 0 Å². The molecule has 0 aromatic heterocycles. The van der Waals surface area contributed by atoms with Crippen LogP contribution in [0.3, 0.4) is 0 Å². The predicted octanol–water partition coefficient (Wildman–Crippen LogP) is -0.189. The molecule has 0 bridgehead atoms. The molecule has 43 valence electrons. The Balaban J connectivity index is 3.36. The lowest BCUT2D eigenvalue weighted by Gasteiger charge is -2.15. The summed E-state index contributed by atoms with van der Waals surface area (Å²) in [5.41, 5.74) is -0.556. The fourth-order valence-corrected chi connectivity index (χ4v) is 0.0500. The van der Waals surface area contributed by atoms with E-state index in [4.69, 9.17) is 10.2 Å². The maximum absolute atomic E-state index is 8.37. The highest BCUT2D eigenvalue weighted by molar-refractivity contribution is 4.73. The van der Waals surface area contributed by atoms with Crippen LogP contribution in [0.2, 0.25) is 0 Å². The predicted molar refractivity (Wildman–Crippen MR) is 27.6 cm³/mol. The first-order chi connectivity index (χ1) is 3.12. The van der Waals surface area contributed by atoms with Crippen molar-refractivity contribution in [2.24, 2.45) is 5.41 Å². The molecule has 0 aromatic carbocycles. The molecule has 7 heavy (non-hydrogen) atoms. The van der Waals surface area contributed by atoms with Crippen LogP contribution in [0.25, 0.3) is 0 Å². The average Bonchev–Trinajstić information content (AvgIpc) is 1.68. The largest absolute Gasteiger partial charge is 0.396 e. The summed E-state index contributed by atoms with van der Waals surface area (Å²) in [7, 11) is 0. The van der Waals surface area contributed by atoms with Crippen molar-refractivity contribution in [1.82, 2.24) is 0 Å². The molecule has 2 N–H and O–H groups in total. The van der Waals surface area contributed by atoms with Gasteiger partial charge in [-0.1, -0.05) is 6.92 Å². The highest BCUT2D eigenvalue weighted by Crippen LogP contribution is 2.09. The van der Waals surface area contributed by atoms with Gasteiger partial charge < -0.3 is 10.2 Å². The minimum atomic E-state index is -0.556. The van der Waals surface area contributed by atoms with Crippen molar-refractivity contribution in [3.05, 3.63) is 6.92 Å². The molecule has 0 aromatic rings. The lowest BCUT2D eigenvalue weighted by atomic mass is 9.97. The van der Waals surface area contributed by atoms with Gasteiger partial charge in [0.2, 0.25) is 0 Å². The summed E-state index contributed by atoms with van der Waals surface area (Å²) < 4.78 is 0. The van der Waals surface area contributed by atoms with Gasteiger partial charge in [0.15, 0.2) is 0 Å². The third-order valence-corrected chi connectivity index (χ3v) is 0.763. The molecule has 0 spiro atoms. The van der Waals surface area contributed by atoms with Gasteiger partial charge in [-0.2, -0.15) is 0 Å². The average molecular weight is 103 g/mol. The summed E-state index contributed by atoms with van der Waals surface area (Å²) in [6.07, 6.45) is 0. The number of aliphatic hydroxyl groups excluding tert-OH is 2. The van der Waals surface area contributed by atoms with Crippen LogP contribution in [0.1, 0.15) is 6.92 Å². The van der Waals surface area contributed by atoms with E-state index in [1.54, 1.807) is 6.92 Å². The van der Waals surface area contributed by atoms with Gasteiger partial charge in [-0.05, 0) is 6.92 Å². The van der Waals surface area contributed by atoms with Gasteiger partial charge in [-0.25, -0.2) is 0 Å². The van der Waals surface area contributed by atoms with Gasteiger partial charge in [-0.15, -0.1) is 0 Å². The first-order valence-electron chi connectivity index (χ1n) is 2.19. The van der Waals surface area contributed by atoms with E-state index in [0.29, 0.717) is 0 Å². The summed E-state index contributed by atoms with van der Waals surface area (Å²) >= 11 is 0. The Labute approximate surface area is 43.8 Å². The summed E-state index contributed by atoms with van der Waals surface area (Å²) in [5.74, 6) is 0. The number of hydrogen-bond donors (Lipinski definition) is 2. The number of hydrogen-bond acceptors (Lipinski definition) is 2. The van der Waals surface area contributed by atoms with E-state index in [0.717, 1.165) is 0 Å². The second kappa shape index (κ2) is 2.28. The van der Waals surface area contributed by atoms with Gasteiger partial charge in [0.05, 0.1) is 13.2 Å². The van der Waals surface area contributed by atoms with Crippen LogP contribution in [0, 0.1) is 12.3 Å². The summed E-state index contributed by atoms with van der Waals surface area (Å²) in [4.78, 5) is 0. The lowest BCUT2D eigenvalue weighted by Crippen LogP contribution is -2.21. The lowest BCUT2D eigenvalue weighted by molar-refractivity contribution is 0.106. The minimum absolute atomic E-state index is 0.0660. The number of aliphatic hydroxyl groups is 2. The van der Waals surface area contributed by atoms with Crippen LogP contribution in [-0.2, 0) is 0 Å². The first-order valence-corrected chi connectivity index (χ1v) is 2.19. The van der Waals surface area contributed by atoms with Crippen molar-refractivity contribution in [3.8, 4) is 0 Å². The maximum Gasteiger partial charge on any atom is 0.0506 e. The Kier molecular flexibility index (Phi) is 2.26. The normalized spacial score (nSPS) is 12.0. The highest BCUT2D eigenvalue weighted by Gasteiger charge is 2.13. The van der Waals surface area contributed by atoms with E-state index < -0.39 is 5.41 Å². The summed E-state index contributed by atoms with van der Waals surface area (Å²) in [6, 6.07) is 0. The smallest absolute Gasteiger partial charge is 0.0506 e. The molecule has 0 aliphatic carbocycles. The SMILES string of the molecule is [CH2]C(C)(CO)CO. The summed E-state index contributed by atoms with van der Waals surface area (Å²) in [5, 5.41) is 16.7. The zero-order valence-corrected chi connectivity index (χ0v) is 4.52. The Bertz CT molecular complexity index is 44.0. The van der Waals surface area contributed by atoms with E-state index in [1.807, 2.05) is 0 Å². The van der Waals surface area contributed by atoms with Crippen molar-refractivity contribution < 1.29 is 10.2 Å². The third-order valence-electron chi connectivity index (χ3n) is 0.763. The number of rotatable bonds is 2. The topological polar surface area (TPSA) is 40.5 Å². The molecule has 0 amide bonds. The fraction of sp³-hybridized carbons (Fsp3) is 0.800. The molecule has 1 radical (unpaired) electrons. The molecule has 0 unspecified atom stereocenters. The highest BCUT2D eigenvalue weighted by atomic mass is 16.3. The van der Waals surface area contributed by atoms with Gasteiger partial charge in [-0.3, -0.25) is 0 Å². The quantitative estimate of drug-likeness (QED) is 0.508. The molecular formula is C5H11O2. The van der Waals surface area contributed by atoms with E-state index in [2.05, 4.69) is 6.92 Å². The van der Waals surface area contributed by atoms with E-state index in [9.17, 15) is 0 Å². The van der Waals surface area contributed by atoms with Gasteiger partial charge >= 0.3 is 0 Å². The molecule has 0 atom stereocenters. The van der Waals surface area contributed by atoms with Crippen molar-refractivity contribution in [2.45, 2.75) is 6.92 Å². The van der Waals surface area contributed by atoms with Crippen molar-refractivity contribution in [2.75, 3.05) is 13.2 Å². The molecule has 0 saturated carbocycles. The van der Waals surface area contributed by atoms with E-state index in [-0.39, 0.29) is 13.2 Å². The molecule has 0 heterocycles. The molecule has 0 saturated heterocycles. The molecule has 0 rings (SSSR count). The van der Waals surface area contributed by atoms with Crippen LogP contribution in [0.5, 0.6) is 0 Å². The molecule has 2 heteroatoms. The Morgan fingerprint density at radius 3 is 1.71 bits per heavy atom. The monoisotopic (exact) mass is 103 g/mol. The Morgan fingerprint density at radius 2 is 1.71 bits per heavy atom. The van der Waals surface area contributed by atoms with Crippen molar-refractivity contribution in [3.63, 3.8) is 0 Å². The zero-order valence-electron chi connectivity index (χ0n) is 4.52. The van der Waals surface area contributed by atoms with Gasteiger partial charge in [0.25, 0.3) is 0 Å². The maximum atomic E-state index is 8.37. The van der Waals surface area contributed by atoms with Gasteiger partial charge in [0, 0.05) is 5.41 Å². The third kappa shape index (κ3) is 2.60. The van der Waals surface area contributed by atoms with E-state index in [1.165, 1.54) is 0 Å². The fourth-order valence-electron chi connectivity index (χ4n) is 0.0500. The van der Waals surface area contributed by atoms with Crippen LogP contribution in [0.4, 0.5) is 0 Å². The van der Waals surface area contributed by atoms with E-state index >= 15 is 0 Å². The minimum Gasteiger partial charge on any atom is -0.396 e. The molecule has 0 fully saturated rings. The van der Waals surface area contributed by atoms with Crippen LogP contribution >= 0.6 is 0 Å². The van der Waals surface area contributed by atoms with Crippen molar-refractivity contribution >= 4 is 0 Å². The van der Waals surface area contributed by atoms with Crippen LogP contribution in [-0.4, -0.2) is 23.4 Å². The summed E-state index contributed by atoms with van der Waals surface area (Å²) in [6.45, 7) is 5.06. The second-order valence-corrected chi connectivity index (χ2v) is 2.13.